The van der Waals surface area contributed by atoms with Crippen LogP contribution < -0.4 is 10.1 Å². The van der Waals surface area contributed by atoms with Crippen LogP contribution in [0.1, 0.15) is 29.8 Å². The van der Waals surface area contributed by atoms with Crippen LogP contribution in [0.3, 0.4) is 0 Å². The molecule has 0 unspecified atom stereocenters. The van der Waals surface area contributed by atoms with Crippen LogP contribution in [-0.4, -0.2) is 59.8 Å². The smallest absolute Gasteiger partial charge is 0.259 e. The monoisotopic (exact) mass is 394 g/mol. The van der Waals surface area contributed by atoms with Gasteiger partial charge in [-0.05, 0) is 37.7 Å². The molecule has 0 fully saturated rings. The number of carbonyl (C=O) groups excluding carboxylic acids is 1. The van der Waals surface area contributed by atoms with Gasteiger partial charge in [-0.2, -0.15) is 5.26 Å². The third-order valence-corrected chi connectivity index (χ3v) is 5.27. The number of carbonyl (C=O) groups is 1. The van der Waals surface area contributed by atoms with Crippen LogP contribution in [-0.2, 0) is 0 Å². The lowest BCUT2D eigenvalue weighted by Crippen LogP contribution is -2.49. The van der Waals surface area contributed by atoms with Gasteiger partial charge < -0.3 is 20.1 Å². The van der Waals surface area contributed by atoms with Gasteiger partial charge in [-0.3, -0.25) is 4.79 Å². The summed E-state index contributed by atoms with van der Waals surface area (Å²) < 4.78 is 6.12. The number of fused-ring (bicyclic) bond motifs is 1. The van der Waals surface area contributed by atoms with Gasteiger partial charge >= 0.3 is 0 Å². The number of aliphatic hydroxyl groups excluding tert-OH is 1. The van der Waals surface area contributed by atoms with Crippen LogP contribution in [0.2, 0.25) is 0 Å². The SMILES string of the molecule is CNC[C@@H]1Oc2ncc(-c3ccc(C#N)cc3)cc2C(=O)N([C@H](C)CO)C[C@@H]1C. The van der Waals surface area contributed by atoms with Crippen LogP contribution in [0.4, 0.5) is 0 Å². The topological polar surface area (TPSA) is 98.5 Å². The van der Waals surface area contributed by atoms with E-state index in [2.05, 4.69) is 16.4 Å². The van der Waals surface area contributed by atoms with Gasteiger partial charge in [0.25, 0.3) is 5.91 Å². The summed E-state index contributed by atoms with van der Waals surface area (Å²) in [5.41, 5.74) is 2.57. The molecule has 1 aliphatic rings. The molecule has 1 amide bonds. The lowest BCUT2D eigenvalue weighted by molar-refractivity contribution is 0.0404. The van der Waals surface area contributed by atoms with E-state index in [0.29, 0.717) is 30.1 Å². The highest BCUT2D eigenvalue weighted by atomic mass is 16.5. The summed E-state index contributed by atoms with van der Waals surface area (Å²) in [6, 6.07) is 10.7. The number of amides is 1. The van der Waals surface area contributed by atoms with Gasteiger partial charge in [0, 0.05) is 30.8 Å². The first kappa shape index (κ1) is 20.8. The Balaban J connectivity index is 2.06. The van der Waals surface area contributed by atoms with E-state index in [9.17, 15) is 9.90 Å². The highest BCUT2D eigenvalue weighted by Crippen LogP contribution is 2.30. The zero-order valence-electron chi connectivity index (χ0n) is 16.9. The highest BCUT2D eigenvalue weighted by Gasteiger charge is 2.33. The van der Waals surface area contributed by atoms with Crippen molar-refractivity contribution in [1.29, 1.82) is 5.26 Å². The maximum Gasteiger partial charge on any atom is 0.259 e. The van der Waals surface area contributed by atoms with Gasteiger partial charge in [-0.15, -0.1) is 0 Å². The summed E-state index contributed by atoms with van der Waals surface area (Å²) in [6.07, 6.45) is 1.52. The second-order valence-corrected chi connectivity index (χ2v) is 7.45. The van der Waals surface area contributed by atoms with Crippen molar-refractivity contribution in [2.75, 3.05) is 26.7 Å². The Bertz CT molecular complexity index is 907. The summed E-state index contributed by atoms with van der Waals surface area (Å²) in [5.74, 6) is 0.155. The number of ether oxygens (including phenoxy) is 1. The first-order chi connectivity index (χ1) is 14.0. The number of rotatable bonds is 5. The lowest BCUT2D eigenvalue weighted by atomic mass is 9.99. The summed E-state index contributed by atoms with van der Waals surface area (Å²) in [4.78, 5) is 19.5. The van der Waals surface area contributed by atoms with E-state index >= 15 is 0 Å². The first-order valence-electron chi connectivity index (χ1n) is 9.72. The second kappa shape index (κ2) is 9.03. The number of aliphatic hydroxyl groups is 1. The van der Waals surface area contributed by atoms with Gasteiger partial charge in [0.15, 0.2) is 0 Å². The number of pyridine rings is 1. The molecule has 2 heterocycles. The van der Waals surface area contributed by atoms with E-state index in [0.717, 1.165) is 11.1 Å². The molecule has 0 radical (unpaired) electrons. The molecule has 0 bridgehead atoms. The molecule has 0 aliphatic carbocycles. The Morgan fingerprint density at radius 2 is 2.10 bits per heavy atom. The van der Waals surface area contributed by atoms with E-state index in [1.54, 1.807) is 29.3 Å². The Morgan fingerprint density at radius 3 is 2.72 bits per heavy atom. The molecular formula is C22H26N4O3. The Hall–Kier alpha value is -2.95. The van der Waals surface area contributed by atoms with E-state index in [4.69, 9.17) is 10.00 Å². The molecule has 2 aromatic rings. The fourth-order valence-corrected chi connectivity index (χ4v) is 3.44. The number of likely N-dealkylation sites (N-methyl/N-ethyl adjacent to an activating group) is 1. The van der Waals surface area contributed by atoms with Crippen LogP contribution in [0, 0.1) is 17.2 Å². The van der Waals surface area contributed by atoms with Gasteiger partial charge in [0.1, 0.15) is 11.7 Å². The second-order valence-electron chi connectivity index (χ2n) is 7.45. The Morgan fingerprint density at radius 1 is 1.38 bits per heavy atom. The predicted molar refractivity (Wildman–Crippen MR) is 109 cm³/mol. The van der Waals surface area contributed by atoms with E-state index in [1.165, 1.54) is 0 Å². The number of benzene rings is 1. The maximum atomic E-state index is 13.3. The van der Waals surface area contributed by atoms with E-state index < -0.39 is 0 Å². The minimum Gasteiger partial charge on any atom is -0.472 e. The number of nitrogens with one attached hydrogen (secondary N) is 1. The predicted octanol–water partition coefficient (Wildman–Crippen LogP) is 2.06. The third-order valence-electron chi connectivity index (χ3n) is 5.27. The molecule has 2 N–H and O–H groups in total. The lowest BCUT2D eigenvalue weighted by Gasteiger charge is -2.36. The fourth-order valence-electron chi connectivity index (χ4n) is 3.44. The number of hydrogen-bond donors (Lipinski definition) is 2. The number of nitriles is 1. The summed E-state index contributed by atoms with van der Waals surface area (Å²) in [5, 5.41) is 21.8. The molecule has 29 heavy (non-hydrogen) atoms. The number of nitrogens with zero attached hydrogens (tertiary/aromatic N) is 3. The van der Waals surface area contributed by atoms with Crippen LogP contribution in [0.25, 0.3) is 11.1 Å². The fraction of sp³-hybridized carbons (Fsp3) is 0.409. The largest absolute Gasteiger partial charge is 0.472 e. The molecule has 0 spiro atoms. The summed E-state index contributed by atoms with van der Waals surface area (Å²) >= 11 is 0. The van der Waals surface area contributed by atoms with Crippen LogP contribution >= 0.6 is 0 Å². The summed E-state index contributed by atoms with van der Waals surface area (Å²) in [6.45, 7) is 4.84. The molecule has 1 aromatic heterocycles. The quantitative estimate of drug-likeness (QED) is 0.806. The molecule has 3 rings (SSSR count). The molecule has 7 nitrogen and oxygen atoms in total. The molecule has 3 atom stereocenters. The van der Waals surface area contributed by atoms with E-state index in [-0.39, 0.29) is 30.6 Å². The van der Waals surface area contributed by atoms with Crippen molar-refractivity contribution in [2.24, 2.45) is 5.92 Å². The zero-order chi connectivity index (χ0) is 21.0. The van der Waals surface area contributed by atoms with Crippen molar-refractivity contribution >= 4 is 5.91 Å². The van der Waals surface area contributed by atoms with Crippen molar-refractivity contribution in [1.82, 2.24) is 15.2 Å². The Kier molecular flexibility index (Phi) is 6.47. The van der Waals surface area contributed by atoms with Gasteiger partial charge in [-0.1, -0.05) is 19.1 Å². The van der Waals surface area contributed by atoms with Crippen LogP contribution in [0.15, 0.2) is 36.5 Å². The maximum absolute atomic E-state index is 13.3. The molecular weight excluding hydrogens is 368 g/mol. The van der Waals surface area contributed by atoms with Gasteiger partial charge in [0.2, 0.25) is 5.88 Å². The molecule has 1 aromatic carbocycles. The minimum absolute atomic E-state index is 0.0635. The van der Waals surface area contributed by atoms with Crippen LogP contribution in [0.5, 0.6) is 5.88 Å². The first-order valence-corrected chi connectivity index (χ1v) is 9.72. The average molecular weight is 394 g/mol. The van der Waals surface area contributed by atoms with E-state index in [1.807, 2.05) is 33.0 Å². The minimum atomic E-state index is -0.315. The average Bonchev–Trinajstić information content (AvgIpc) is 2.75. The van der Waals surface area contributed by atoms with Crippen molar-refractivity contribution in [2.45, 2.75) is 26.0 Å². The number of hydrogen-bond acceptors (Lipinski definition) is 6. The van der Waals surface area contributed by atoms with Gasteiger partial charge in [0.05, 0.1) is 24.3 Å². The van der Waals surface area contributed by atoms with Crippen molar-refractivity contribution < 1.29 is 14.6 Å². The van der Waals surface area contributed by atoms with Gasteiger partial charge in [-0.25, -0.2) is 4.98 Å². The standard InChI is InChI=1S/C22H26N4O3/c1-14-12-26(15(2)13-27)22(28)19-8-18(17-6-4-16(9-23)5-7-17)10-25-21(19)29-20(14)11-24-3/h4-8,10,14-15,20,24,27H,11-13H2,1-3H3/t14-,15+,20-/m0/s1. The molecule has 0 saturated heterocycles. The van der Waals surface area contributed by atoms with Crippen molar-refractivity contribution in [3.05, 3.63) is 47.7 Å². The van der Waals surface area contributed by atoms with Crippen molar-refractivity contribution in [3.63, 3.8) is 0 Å². The highest BCUT2D eigenvalue weighted by molar-refractivity contribution is 5.98. The zero-order valence-corrected chi connectivity index (χ0v) is 16.9. The molecule has 0 saturated carbocycles. The summed E-state index contributed by atoms with van der Waals surface area (Å²) in [7, 11) is 1.86. The molecule has 152 valence electrons. The number of aromatic nitrogens is 1. The van der Waals surface area contributed by atoms with Crippen molar-refractivity contribution in [3.8, 4) is 23.1 Å². The normalized spacial score (nSPS) is 20.1. The Labute approximate surface area is 170 Å². The molecule has 1 aliphatic heterocycles. The third kappa shape index (κ3) is 4.39. The molecule has 7 heteroatoms.